The van der Waals surface area contributed by atoms with Crippen molar-refractivity contribution in [3.05, 3.63) is 24.3 Å². The van der Waals surface area contributed by atoms with Crippen LogP contribution in [0.4, 0.5) is 13.2 Å². The monoisotopic (exact) mass is 249 g/mol. The van der Waals surface area contributed by atoms with Gasteiger partial charge in [0.2, 0.25) is 0 Å². The first kappa shape index (κ1) is 13.6. The molecular formula is C11H14F3NO2. The molecule has 0 amide bonds. The van der Waals surface area contributed by atoms with Crippen LogP contribution < -0.4 is 10.5 Å². The van der Waals surface area contributed by atoms with Crippen LogP contribution in [0.1, 0.15) is 12.8 Å². The van der Waals surface area contributed by atoms with E-state index in [4.69, 9.17) is 15.6 Å². The Morgan fingerprint density at radius 1 is 1.35 bits per heavy atom. The van der Waals surface area contributed by atoms with Gasteiger partial charge in [0.15, 0.2) is 0 Å². The topological polar surface area (TPSA) is 55.5 Å². The Balaban J connectivity index is 2.25. The van der Waals surface area contributed by atoms with Crippen molar-refractivity contribution in [2.45, 2.75) is 25.1 Å². The second-order valence-electron chi connectivity index (χ2n) is 3.64. The second kappa shape index (κ2) is 5.77. The third kappa shape index (κ3) is 4.95. The Labute approximate surface area is 97.0 Å². The molecule has 0 aliphatic rings. The molecule has 1 unspecified atom stereocenters. The van der Waals surface area contributed by atoms with Crippen LogP contribution in [0.2, 0.25) is 0 Å². The molecule has 1 aromatic carbocycles. The third-order valence-electron chi connectivity index (χ3n) is 2.17. The van der Waals surface area contributed by atoms with Crippen molar-refractivity contribution in [3.63, 3.8) is 0 Å². The van der Waals surface area contributed by atoms with E-state index < -0.39 is 12.2 Å². The van der Waals surface area contributed by atoms with Crippen LogP contribution in [0.15, 0.2) is 24.3 Å². The van der Waals surface area contributed by atoms with Gasteiger partial charge in [0.25, 0.3) is 0 Å². The van der Waals surface area contributed by atoms with Crippen LogP contribution >= 0.6 is 0 Å². The van der Waals surface area contributed by atoms with Crippen LogP contribution in [0, 0.1) is 0 Å². The summed E-state index contributed by atoms with van der Waals surface area (Å²) in [7, 11) is 0. The van der Waals surface area contributed by atoms with Gasteiger partial charge in [0, 0.05) is 6.07 Å². The maximum Gasteiger partial charge on any atom is 0.403 e. The minimum atomic E-state index is -4.36. The molecule has 0 saturated heterocycles. The van der Waals surface area contributed by atoms with Crippen molar-refractivity contribution in [3.8, 4) is 11.5 Å². The number of nitrogens with two attached hydrogens (primary N) is 1. The van der Waals surface area contributed by atoms with Crippen molar-refractivity contribution < 1.29 is 23.0 Å². The van der Waals surface area contributed by atoms with E-state index in [1.165, 1.54) is 12.1 Å². The minimum absolute atomic E-state index is 0.0505. The number of rotatable bonds is 5. The highest BCUT2D eigenvalue weighted by molar-refractivity contribution is 5.31. The van der Waals surface area contributed by atoms with E-state index >= 15 is 0 Å². The van der Waals surface area contributed by atoms with E-state index in [9.17, 15) is 13.2 Å². The van der Waals surface area contributed by atoms with Crippen molar-refractivity contribution in [1.29, 1.82) is 0 Å². The van der Waals surface area contributed by atoms with Crippen molar-refractivity contribution in [1.82, 2.24) is 0 Å². The fourth-order valence-electron chi connectivity index (χ4n) is 1.23. The number of phenols is 1. The molecular weight excluding hydrogens is 235 g/mol. The fraction of sp³-hybridized carbons (Fsp3) is 0.455. The lowest BCUT2D eigenvalue weighted by Crippen LogP contribution is -2.37. The average molecular weight is 249 g/mol. The average Bonchev–Trinajstić information content (AvgIpc) is 2.23. The Hall–Kier alpha value is -1.43. The van der Waals surface area contributed by atoms with E-state index in [0.29, 0.717) is 5.75 Å². The molecule has 0 fully saturated rings. The second-order valence-corrected chi connectivity index (χ2v) is 3.64. The van der Waals surface area contributed by atoms with Gasteiger partial charge in [-0.3, -0.25) is 0 Å². The standard InChI is InChI=1S/C11H14F3NO2/c12-11(13,14)10(15)5-2-6-17-9-4-1-3-8(16)7-9/h1,3-4,7,10,16H,2,5-6,15H2. The molecule has 0 radical (unpaired) electrons. The SMILES string of the molecule is NC(CCCOc1cccc(O)c1)C(F)(F)F. The Kier molecular flexibility index (Phi) is 4.62. The number of hydrogen-bond acceptors (Lipinski definition) is 3. The normalized spacial score (nSPS) is 13.4. The summed E-state index contributed by atoms with van der Waals surface area (Å²) in [4.78, 5) is 0. The van der Waals surface area contributed by atoms with E-state index in [0.717, 1.165) is 0 Å². The molecule has 0 bridgehead atoms. The molecule has 0 spiro atoms. The van der Waals surface area contributed by atoms with Gasteiger partial charge in [0.05, 0.1) is 6.61 Å². The van der Waals surface area contributed by atoms with Gasteiger partial charge in [-0.15, -0.1) is 0 Å². The predicted molar refractivity (Wildman–Crippen MR) is 56.9 cm³/mol. The van der Waals surface area contributed by atoms with Crippen molar-refractivity contribution >= 4 is 0 Å². The highest BCUT2D eigenvalue weighted by Gasteiger charge is 2.35. The zero-order valence-corrected chi connectivity index (χ0v) is 9.07. The lowest BCUT2D eigenvalue weighted by Gasteiger charge is -2.15. The smallest absolute Gasteiger partial charge is 0.403 e. The van der Waals surface area contributed by atoms with Gasteiger partial charge in [-0.1, -0.05) is 6.07 Å². The van der Waals surface area contributed by atoms with Gasteiger partial charge in [-0.05, 0) is 25.0 Å². The number of phenolic OH excluding ortho intramolecular Hbond substituents is 1. The predicted octanol–water partition coefficient (Wildman–Crippen LogP) is 2.44. The quantitative estimate of drug-likeness (QED) is 0.788. The summed E-state index contributed by atoms with van der Waals surface area (Å²) < 4.78 is 41.3. The fourth-order valence-corrected chi connectivity index (χ4v) is 1.23. The Bertz CT molecular complexity index is 355. The molecule has 6 heteroatoms. The lowest BCUT2D eigenvalue weighted by molar-refractivity contribution is -0.149. The minimum Gasteiger partial charge on any atom is -0.508 e. The number of halogens is 3. The Morgan fingerprint density at radius 3 is 2.65 bits per heavy atom. The van der Waals surface area contributed by atoms with Crippen LogP contribution in [-0.4, -0.2) is 23.9 Å². The summed E-state index contributed by atoms with van der Waals surface area (Å²) in [6, 6.07) is 4.27. The summed E-state index contributed by atoms with van der Waals surface area (Å²) in [6.45, 7) is 0.132. The van der Waals surface area contributed by atoms with Crippen LogP contribution in [0.3, 0.4) is 0 Å². The molecule has 0 saturated carbocycles. The van der Waals surface area contributed by atoms with Gasteiger partial charge in [-0.25, -0.2) is 0 Å². The molecule has 0 heterocycles. The van der Waals surface area contributed by atoms with Gasteiger partial charge in [0.1, 0.15) is 17.5 Å². The molecule has 1 atom stereocenters. The first-order chi connectivity index (χ1) is 7.89. The third-order valence-corrected chi connectivity index (χ3v) is 2.17. The van der Waals surface area contributed by atoms with Crippen LogP contribution in [0.5, 0.6) is 11.5 Å². The molecule has 1 aromatic rings. The molecule has 1 rings (SSSR count). The first-order valence-electron chi connectivity index (χ1n) is 5.13. The van der Waals surface area contributed by atoms with Crippen molar-refractivity contribution in [2.24, 2.45) is 5.73 Å². The summed E-state index contributed by atoms with van der Waals surface area (Å²) >= 11 is 0. The number of alkyl halides is 3. The molecule has 0 aliphatic heterocycles. The van der Waals surface area contributed by atoms with Crippen molar-refractivity contribution in [2.75, 3.05) is 6.61 Å². The van der Waals surface area contributed by atoms with Gasteiger partial charge in [-0.2, -0.15) is 13.2 Å². The highest BCUT2D eigenvalue weighted by atomic mass is 19.4. The summed E-state index contributed by atoms with van der Waals surface area (Å²) in [5.74, 6) is 0.472. The molecule has 3 N–H and O–H groups in total. The van der Waals surface area contributed by atoms with E-state index in [2.05, 4.69) is 0 Å². The largest absolute Gasteiger partial charge is 0.508 e. The summed E-state index contributed by atoms with van der Waals surface area (Å²) in [6.07, 6.45) is -4.33. The van der Waals surface area contributed by atoms with E-state index in [1.54, 1.807) is 12.1 Å². The molecule has 96 valence electrons. The number of hydrogen-bond donors (Lipinski definition) is 2. The molecule has 0 aliphatic carbocycles. The van der Waals surface area contributed by atoms with Crippen LogP contribution in [-0.2, 0) is 0 Å². The van der Waals surface area contributed by atoms with Gasteiger partial charge < -0.3 is 15.6 Å². The number of ether oxygens (including phenoxy) is 1. The summed E-state index contributed by atoms with van der Waals surface area (Å²) in [5.41, 5.74) is 4.93. The van der Waals surface area contributed by atoms with E-state index in [1.807, 2.05) is 0 Å². The van der Waals surface area contributed by atoms with Crippen LogP contribution in [0.25, 0.3) is 0 Å². The Morgan fingerprint density at radius 2 is 2.06 bits per heavy atom. The molecule has 3 nitrogen and oxygen atoms in total. The summed E-state index contributed by atoms with van der Waals surface area (Å²) in [5, 5.41) is 9.12. The van der Waals surface area contributed by atoms with E-state index in [-0.39, 0.29) is 25.2 Å². The number of benzene rings is 1. The zero-order chi connectivity index (χ0) is 12.9. The lowest BCUT2D eigenvalue weighted by atomic mass is 10.2. The number of aromatic hydroxyl groups is 1. The first-order valence-corrected chi connectivity index (χ1v) is 5.13. The molecule has 0 aromatic heterocycles. The maximum absolute atomic E-state index is 12.1. The maximum atomic E-state index is 12.1. The molecule has 17 heavy (non-hydrogen) atoms. The van der Waals surface area contributed by atoms with Gasteiger partial charge >= 0.3 is 6.18 Å². The zero-order valence-electron chi connectivity index (χ0n) is 9.07. The highest BCUT2D eigenvalue weighted by Crippen LogP contribution is 2.22.